The molecule has 1 aliphatic heterocycles. The van der Waals surface area contributed by atoms with E-state index in [0.717, 1.165) is 45.0 Å². The molecule has 1 heterocycles. The fourth-order valence-corrected chi connectivity index (χ4v) is 3.67. The molecule has 1 aliphatic carbocycles. The maximum absolute atomic E-state index is 12.2. The van der Waals surface area contributed by atoms with Crippen LogP contribution in [0, 0.1) is 6.92 Å². The van der Waals surface area contributed by atoms with Gasteiger partial charge < -0.3 is 15.5 Å². The molecule has 0 bridgehead atoms. The Hall–Kier alpha value is -1.31. The standard InChI is InChI=1S/C20H30N4O.HI/c1-3-21-19(22-14-18(25)24-12-6-7-13-24)23-15-20(10-11-20)17-9-5-4-8-16(17)2;/h4-5,8-9H,3,6-7,10-15H2,1-2H3,(H2,21,22,23);1H. The summed E-state index contributed by atoms with van der Waals surface area (Å²) in [5.74, 6) is 0.879. The average molecular weight is 470 g/mol. The average Bonchev–Trinajstić information content (AvgIpc) is 3.19. The Labute approximate surface area is 174 Å². The summed E-state index contributed by atoms with van der Waals surface area (Å²) in [6, 6.07) is 8.64. The molecule has 144 valence electrons. The van der Waals surface area contributed by atoms with Gasteiger partial charge in [0.15, 0.2) is 5.96 Å². The van der Waals surface area contributed by atoms with Crippen LogP contribution in [0.1, 0.15) is 43.7 Å². The van der Waals surface area contributed by atoms with E-state index in [-0.39, 0.29) is 41.8 Å². The first-order chi connectivity index (χ1) is 12.1. The van der Waals surface area contributed by atoms with Crippen molar-refractivity contribution in [1.29, 1.82) is 0 Å². The molecule has 5 nitrogen and oxygen atoms in total. The summed E-state index contributed by atoms with van der Waals surface area (Å²) in [5, 5.41) is 6.73. The first-order valence-electron chi connectivity index (χ1n) is 9.51. The van der Waals surface area contributed by atoms with Crippen LogP contribution in [-0.2, 0) is 10.2 Å². The number of likely N-dealkylation sites (tertiary alicyclic amines) is 1. The molecule has 1 amide bonds. The lowest BCUT2D eigenvalue weighted by molar-refractivity contribution is -0.128. The minimum Gasteiger partial charge on any atom is -0.357 e. The lowest BCUT2D eigenvalue weighted by atomic mass is 9.92. The minimum absolute atomic E-state index is 0. The summed E-state index contributed by atoms with van der Waals surface area (Å²) < 4.78 is 0. The summed E-state index contributed by atoms with van der Waals surface area (Å²) in [4.78, 5) is 18.6. The third-order valence-corrected chi connectivity index (χ3v) is 5.34. The molecule has 2 aliphatic rings. The molecule has 2 fully saturated rings. The number of aliphatic imine (C=N–C) groups is 1. The maximum atomic E-state index is 12.2. The van der Waals surface area contributed by atoms with Gasteiger partial charge >= 0.3 is 0 Å². The van der Waals surface area contributed by atoms with Gasteiger partial charge in [0.2, 0.25) is 5.91 Å². The van der Waals surface area contributed by atoms with E-state index in [1.165, 1.54) is 24.0 Å². The molecule has 0 aromatic heterocycles. The van der Waals surface area contributed by atoms with Crippen LogP contribution < -0.4 is 10.6 Å². The van der Waals surface area contributed by atoms with Gasteiger partial charge in [-0.05, 0) is 50.7 Å². The number of guanidine groups is 1. The lowest BCUT2D eigenvalue weighted by Crippen LogP contribution is -2.42. The van der Waals surface area contributed by atoms with Crippen LogP contribution in [0.5, 0.6) is 0 Å². The number of nitrogens with one attached hydrogen (secondary N) is 2. The number of rotatable bonds is 6. The lowest BCUT2D eigenvalue weighted by Gasteiger charge is -2.21. The molecule has 1 aromatic rings. The number of aryl methyl sites for hydroxylation is 1. The topological polar surface area (TPSA) is 56.7 Å². The van der Waals surface area contributed by atoms with E-state index in [1.807, 2.05) is 11.8 Å². The second-order valence-corrected chi connectivity index (χ2v) is 7.23. The fraction of sp³-hybridized carbons (Fsp3) is 0.600. The van der Waals surface area contributed by atoms with Crippen molar-refractivity contribution in [2.24, 2.45) is 4.99 Å². The molecule has 3 rings (SSSR count). The van der Waals surface area contributed by atoms with Crippen LogP contribution in [0.2, 0.25) is 0 Å². The fourth-order valence-electron chi connectivity index (χ4n) is 3.67. The zero-order valence-corrected chi connectivity index (χ0v) is 18.2. The number of amides is 1. The quantitative estimate of drug-likeness (QED) is 0.382. The summed E-state index contributed by atoms with van der Waals surface area (Å²) in [7, 11) is 0. The van der Waals surface area contributed by atoms with Gasteiger partial charge in [0.25, 0.3) is 0 Å². The maximum Gasteiger partial charge on any atom is 0.244 e. The second-order valence-electron chi connectivity index (χ2n) is 7.23. The number of nitrogens with zero attached hydrogens (tertiary/aromatic N) is 2. The van der Waals surface area contributed by atoms with Gasteiger partial charge in [0.05, 0.1) is 0 Å². The summed E-state index contributed by atoms with van der Waals surface area (Å²) in [6.45, 7) is 7.88. The molecule has 1 saturated carbocycles. The summed E-state index contributed by atoms with van der Waals surface area (Å²) >= 11 is 0. The van der Waals surface area contributed by atoms with Gasteiger partial charge in [0, 0.05) is 31.6 Å². The van der Waals surface area contributed by atoms with Crippen LogP contribution in [0.15, 0.2) is 29.3 Å². The van der Waals surface area contributed by atoms with Gasteiger partial charge in [-0.2, -0.15) is 0 Å². The van der Waals surface area contributed by atoms with Crippen LogP contribution in [0.3, 0.4) is 0 Å². The Morgan fingerprint density at radius 3 is 2.50 bits per heavy atom. The molecule has 0 spiro atoms. The molecule has 0 unspecified atom stereocenters. The van der Waals surface area contributed by atoms with E-state index < -0.39 is 0 Å². The van der Waals surface area contributed by atoms with E-state index in [4.69, 9.17) is 0 Å². The highest BCUT2D eigenvalue weighted by Crippen LogP contribution is 2.48. The first kappa shape index (κ1) is 21.0. The van der Waals surface area contributed by atoms with Gasteiger partial charge in [-0.25, -0.2) is 4.99 Å². The van der Waals surface area contributed by atoms with Crippen LogP contribution in [0.25, 0.3) is 0 Å². The molecular formula is C20H31IN4O. The third-order valence-electron chi connectivity index (χ3n) is 5.34. The molecule has 2 N–H and O–H groups in total. The molecular weight excluding hydrogens is 439 g/mol. The Bertz CT molecular complexity index is 636. The molecule has 26 heavy (non-hydrogen) atoms. The van der Waals surface area contributed by atoms with Gasteiger partial charge in [-0.1, -0.05) is 24.3 Å². The SMILES string of the molecule is CCNC(=NCC(=O)N1CCCC1)NCC1(c2ccccc2C)CC1.I. The van der Waals surface area contributed by atoms with Gasteiger partial charge in [0.1, 0.15) is 6.54 Å². The Morgan fingerprint density at radius 2 is 1.88 bits per heavy atom. The molecule has 1 aromatic carbocycles. The molecule has 0 radical (unpaired) electrons. The highest BCUT2D eigenvalue weighted by molar-refractivity contribution is 14.0. The minimum atomic E-state index is 0. The second kappa shape index (κ2) is 9.58. The molecule has 1 saturated heterocycles. The normalized spacial score (nSPS) is 18.2. The number of benzene rings is 1. The van der Waals surface area contributed by atoms with E-state index in [0.29, 0.717) is 0 Å². The van der Waals surface area contributed by atoms with E-state index in [9.17, 15) is 4.79 Å². The van der Waals surface area contributed by atoms with Crippen LogP contribution in [0.4, 0.5) is 0 Å². The van der Waals surface area contributed by atoms with E-state index in [2.05, 4.69) is 46.8 Å². The molecule has 6 heteroatoms. The van der Waals surface area contributed by atoms with Crippen LogP contribution >= 0.6 is 24.0 Å². The Morgan fingerprint density at radius 1 is 1.19 bits per heavy atom. The first-order valence-corrected chi connectivity index (χ1v) is 9.51. The van der Waals surface area contributed by atoms with Crippen molar-refractivity contribution < 1.29 is 4.79 Å². The predicted molar refractivity (Wildman–Crippen MR) is 117 cm³/mol. The number of carbonyl (C=O) groups is 1. The monoisotopic (exact) mass is 470 g/mol. The highest BCUT2D eigenvalue weighted by Gasteiger charge is 2.44. The highest BCUT2D eigenvalue weighted by atomic mass is 127. The Balaban J connectivity index is 0.00000243. The van der Waals surface area contributed by atoms with Gasteiger partial charge in [-0.3, -0.25) is 4.79 Å². The van der Waals surface area contributed by atoms with E-state index in [1.54, 1.807) is 0 Å². The van der Waals surface area contributed by atoms with Crippen molar-refractivity contribution in [1.82, 2.24) is 15.5 Å². The predicted octanol–water partition coefficient (Wildman–Crippen LogP) is 2.82. The van der Waals surface area contributed by atoms with Crippen molar-refractivity contribution >= 4 is 35.8 Å². The summed E-state index contributed by atoms with van der Waals surface area (Å²) in [6.07, 6.45) is 4.65. The van der Waals surface area contributed by atoms with Crippen molar-refractivity contribution in [2.75, 3.05) is 32.7 Å². The Kier molecular flexibility index (Phi) is 7.73. The van der Waals surface area contributed by atoms with Crippen molar-refractivity contribution in [3.63, 3.8) is 0 Å². The smallest absolute Gasteiger partial charge is 0.244 e. The number of carbonyl (C=O) groups excluding carboxylic acids is 1. The molecule has 0 atom stereocenters. The third kappa shape index (κ3) is 5.11. The number of halogens is 1. The zero-order valence-electron chi connectivity index (χ0n) is 15.9. The summed E-state index contributed by atoms with van der Waals surface area (Å²) in [5.41, 5.74) is 3.01. The number of hydrogen-bond acceptors (Lipinski definition) is 2. The van der Waals surface area contributed by atoms with Crippen molar-refractivity contribution in [2.45, 2.75) is 44.9 Å². The number of hydrogen-bond donors (Lipinski definition) is 2. The van der Waals surface area contributed by atoms with Crippen LogP contribution in [-0.4, -0.2) is 49.5 Å². The van der Waals surface area contributed by atoms with E-state index >= 15 is 0 Å². The van der Waals surface area contributed by atoms with Crippen molar-refractivity contribution in [3.05, 3.63) is 35.4 Å². The zero-order chi connectivity index (χ0) is 17.7. The largest absolute Gasteiger partial charge is 0.357 e. The van der Waals surface area contributed by atoms with Gasteiger partial charge in [-0.15, -0.1) is 24.0 Å². The van der Waals surface area contributed by atoms with Crippen molar-refractivity contribution in [3.8, 4) is 0 Å².